The fourth-order valence-electron chi connectivity index (χ4n) is 3.49. The number of carbonyl (C=O) groups is 2. The van der Waals surface area contributed by atoms with E-state index in [1.54, 1.807) is 0 Å². The highest BCUT2D eigenvalue weighted by molar-refractivity contribution is 7.89. The molecule has 3 rings (SSSR count). The maximum absolute atomic E-state index is 12.2. The molecular formula is C21H24N2O6S. The molecule has 0 fully saturated rings. The number of fused-ring (bicyclic) bond motifs is 3. The van der Waals surface area contributed by atoms with Crippen molar-refractivity contribution in [2.24, 2.45) is 0 Å². The Labute approximate surface area is 175 Å². The van der Waals surface area contributed by atoms with Gasteiger partial charge < -0.3 is 15.2 Å². The van der Waals surface area contributed by atoms with Crippen LogP contribution < -0.4 is 5.32 Å². The summed E-state index contributed by atoms with van der Waals surface area (Å²) >= 11 is 0. The first-order valence-electron chi connectivity index (χ1n) is 9.45. The lowest BCUT2D eigenvalue weighted by molar-refractivity contribution is -0.139. The minimum absolute atomic E-state index is 0.0438. The zero-order valence-electron chi connectivity index (χ0n) is 16.7. The largest absolute Gasteiger partial charge is 0.480 e. The molecule has 1 amide bonds. The molecule has 30 heavy (non-hydrogen) atoms. The van der Waals surface area contributed by atoms with Crippen molar-refractivity contribution < 1.29 is 27.9 Å². The number of carboxylic acids is 1. The minimum atomic E-state index is -3.58. The summed E-state index contributed by atoms with van der Waals surface area (Å²) in [4.78, 5) is 23.7. The molecule has 0 radical (unpaired) electrons. The lowest BCUT2D eigenvalue weighted by Gasteiger charge is -2.18. The van der Waals surface area contributed by atoms with Crippen LogP contribution in [0.25, 0.3) is 11.1 Å². The average molecular weight is 432 g/mol. The summed E-state index contributed by atoms with van der Waals surface area (Å²) in [6.45, 7) is 0.0438. The Balaban J connectivity index is 1.64. The molecule has 2 aromatic rings. The number of carbonyl (C=O) groups excluding carboxylic acids is 1. The van der Waals surface area contributed by atoms with Crippen molar-refractivity contribution >= 4 is 22.1 Å². The van der Waals surface area contributed by atoms with Gasteiger partial charge in [-0.25, -0.2) is 22.3 Å². The minimum Gasteiger partial charge on any atom is -0.480 e. The molecular weight excluding hydrogens is 408 g/mol. The van der Waals surface area contributed by atoms with Crippen molar-refractivity contribution in [3.63, 3.8) is 0 Å². The summed E-state index contributed by atoms with van der Waals surface area (Å²) < 4.78 is 30.1. The van der Waals surface area contributed by atoms with E-state index in [9.17, 15) is 23.1 Å². The zero-order valence-corrected chi connectivity index (χ0v) is 17.6. The van der Waals surface area contributed by atoms with Gasteiger partial charge in [0.05, 0.1) is 5.75 Å². The quantitative estimate of drug-likeness (QED) is 0.662. The SMILES string of the molecule is CN(C)S(=O)(=O)CCC(NC(=O)OCC1c2ccccc2-c2ccccc21)C(=O)O. The first kappa shape index (κ1) is 21.8. The predicted octanol–water partition coefficient (Wildman–Crippen LogP) is 2.26. The fourth-order valence-corrected chi connectivity index (χ4v) is 4.39. The Morgan fingerprint density at radius 3 is 2.10 bits per heavy atom. The van der Waals surface area contributed by atoms with E-state index in [0.717, 1.165) is 26.6 Å². The van der Waals surface area contributed by atoms with E-state index in [1.165, 1.54) is 14.1 Å². The third-order valence-electron chi connectivity index (χ3n) is 5.15. The third-order valence-corrected chi connectivity index (χ3v) is 7.02. The van der Waals surface area contributed by atoms with Crippen LogP contribution in [-0.4, -0.2) is 62.4 Å². The third kappa shape index (κ3) is 4.63. The van der Waals surface area contributed by atoms with Crippen molar-refractivity contribution in [2.45, 2.75) is 18.4 Å². The summed E-state index contributed by atoms with van der Waals surface area (Å²) in [5.41, 5.74) is 4.25. The van der Waals surface area contributed by atoms with Crippen LogP contribution in [0.5, 0.6) is 0 Å². The van der Waals surface area contributed by atoms with Crippen LogP contribution in [0.1, 0.15) is 23.5 Å². The molecule has 0 bridgehead atoms. The van der Waals surface area contributed by atoms with E-state index in [2.05, 4.69) is 5.32 Å². The molecule has 2 N–H and O–H groups in total. The van der Waals surface area contributed by atoms with Gasteiger partial charge in [0.1, 0.15) is 12.6 Å². The number of hydrogen-bond donors (Lipinski definition) is 2. The van der Waals surface area contributed by atoms with Crippen LogP contribution >= 0.6 is 0 Å². The molecule has 1 unspecified atom stereocenters. The van der Waals surface area contributed by atoms with E-state index >= 15 is 0 Å². The number of nitrogens with one attached hydrogen (secondary N) is 1. The van der Waals surface area contributed by atoms with Gasteiger partial charge in [-0.1, -0.05) is 48.5 Å². The van der Waals surface area contributed by atoms with Gasteiger partial charge in [0.15, 0.2) is 0 Å². The molecule has 8 nitrogen and oxygen atoms in total. The summed E-state index contributed by atoms with van der Waals surface area (Å²) in [7, 11) is -0.847. The molecule has 160 valence electrons. The molecule has 9 heteroatoms. The summed E-state index contributed by atoms with van der Waals surface area (Å²) in [6.07, 6.45) is -1.16. The molecule has 0 spiro atoms. The standard InChI is InChI=1S/C21H24N2O6S/c1-23(2)30(27,28)12-11-19(20(24)25)22-21(26)29-13-18-16-9-5-3-7-14(16)15-8-4-6-10-17(15)18/h3-10,18-19H,11-13H2,1-2H3,(H,22,26)(H,24,25). The fraction of sp³-hybridized carbons (Fsp3) is 0.333. The van der Waals surface area contributed by atoms with Gasteiger partial charge in [0.25, 0.3) is 0 Å². The number of nitrogens with zero attached hydrogens (tertiary/aromatic N) is 1. The van der Waals surface area contributed by atoms with Gasteiger partial charge >= 0.3 is 12.1 Å². The lowest BCUT2D eigenvalue weighted by atomic mass is 9.98. The van der Waals surface area contributed by atoms with Gasteiger partial charge in [0.2, 0.25) is 10.0 Å². The van der Waals surface area contributed by atoms with E-state index in [1.807, 2.05) is 48.5 Å². The number of sulfonamides is 1. The molecule has 0 aliphatic heterocycles. The number of rotatable bonds is 8. The molecule has 2 aromatic carbocycles. The van der Waals surface area contributed by atoms with Crippen LogP contribution in [0.15, 0.2) is 48.5 Å². The Bertz CT molecular complexity index is 1010. The summed E-state index contributed by atoms with van der Waals surface area (Å²) in [5, 5.41) is 11.6. The Kier molecular flexibility index (Phi) is 6.42. The average Bonchev–Trinajstić information content (AvgIpc) is 3.03. The number of carboxylic acid groups (broad SMARTS) is 1. The van der Waals surface area contributed by atoms with Gasteiger partial charge in [-0.3, -0.25) is 0 Å². The number of hydrogen-bond acceptors (Lipinski definition) is 5. The van der Waals surface area contributed by atoms with Gasteiger partial charge in [-0.2, -0.15) is 0 Å². The molecule has 0 saturated carbocycles. The molecule has 1 aliphatic carbocycles. The van der Waals surface area contributed by atoms with Crippen molar-refractivity contribution in [1.29, 1.82) is 0 Å². The highest BCUT2D eigenvalue weighted by Crippen LogP contribution is 2.44. The van der Waals surface area contributed by atoms with Crippen molar-refractivity contribution in [1.82, 2.24) is 9.62 Å². The maximum Gasteiger partial charge on any atom is 0.407 e. The zero-order chi connectivity index (χ0) is 21.9. The second-order valence-electron chi connectivity index (χ2n) is 7.25. The molecule has 1 aliphatic rings. The first-order chi connectivity index (χ1) is 14.2. The summed E-state index contributed by atoms with van der Waals surface area (Å²) in [5.74, 6) is -1.88. The van der Waals surface area contributed by atoms with Crippen LogP contribution in [0, 0.1) is 0 Å². The summed E-state index contributed by atoms with van der Waals surface area (Å²) in [6, 6.07) is 14.4. The Hall–Kier alpha value is -2.91. The van der Waals surface area contributed by atoms with E-state index < -0.39 is 33.9 Å². The number of ether oxygens (including phenoxy) is 1. The normalized spacial score (nSPS) is 14.1. The van der Waals surface area contributed by atoms with Crippen LogP contribution in [0.2, 0.25) is 0 Å². The number of aliphatic carboxylic acids is 1. The second kappa shape index (κ2) is 8.85. The van der Waals surface area contributed by atoms with E-state index in [4.69, 9.17) is 4.74 Å². The van der Waals surface area contributed by atoms with Crippen molar-refractivity contribution in [2.75, 3.05) is 26.5 Å². The molecule has 0 saturated heterocycles. The number of benzene rings is 2. The number of alkyl carbamates (subject to hydrolysis) is 1. The van der Waals surface area contributed by atoms with E-state index in [0.29, 0.717) is 0 Å². The lowest BCUT2D eigenvalue weighted by Crippen LogP contribution is -2.43. The number of amides is 1. The maximum atomic E-state index is 12.2. The first-order valence-corrected chi connectivity index (χ1v) is 11.1. The predicted molar refractivity (Wildman–Crippen MR) is 112 cm³/mol. The van der Waals surface area contributed by atoms with E-state index in [-0.39, 0.29) is 18.9 Å². The van der Waals surface area contributed by atoms with Gasteiger partial charge in [-0.05, 0) is 28.7 Å². The van der Waals surface area contributed by atoms with Crippen molar-refractivity contribution in [3.05, 3.63) is 59.7 Å². The Morgan fingerprint density at radius 2 is 1.60 bits per heavy atom. The highest BCUT2D eigenvalue weighted by atomic mass is 32.2. The topological polar surface area (TPSA) is 113 Å². The van der Waals surface area contributed by atoms with Gasteiger partial charge in [-0.15, -0.1) is 0 Å². The van der Waals surface area contributed by atoms with Crippen molar-refractivity contribution in [3.8, 4) is 11.1 Å². The van der Waals surface area contributed by atoms with Crippen LogP contribution in [0.4, 0.5) is 4.79 Å². The van der Waals surface area contributed by atoms with Crippen LogP contribution in [0.3, 0.4) is 0 Å². The molecule has 0 heterocycles. The second-order valence-corrected chi connectivity index (χ2v) is 9.55. The van der Waals surface area contributed by atoms with Gasteiger partial charge in [0, 0.05) is 20.0 Å². The van der Waals surface area contributed by atoms with Crippen LogP contribution in [-0.2, 0) is 19.6 Å². The highest BCUT2D eigenvalue weighted by Gasteiger charge is 2.30. The Morgan fingerprint density at radius 1 is 1.07 bits per heavy atom. The molecule has 1 atom stereocenters. The smallest absolute Gasteiger partial charge is 0.407 e. The monoisotopic (exact) mass is 432 g/mol. The molecule has 0 aromatic heterocycles.